The summed E-state index contributed by atoms with van der Waals surface area (Å²) in [6.45, 7) is 1.77. The maximum absolute atomic E-state index is 13.0. The van der Waals surface area contributed by atoms with E-state index in [-0.39, 0.29) is 27.9 Å². The first-order chi connectivity index (χ1) is 13.5. The van der Waals surface area contributed by atoms with Crippen molar-refractivity contribution in [2.75, 3.05) is 5.75 Å². The quantitative estimate of drug-likeness (QED) is 0.424. The van der Waals surface area contributed by atoms with Crippen LogP contribution >= 0.6 is 11.8 Å². The van der Waals surface area contributed by atoms with Crippen LogP contribution in [0.4, 0.5) is 26.3 Å². The highest BCUT2D eigenvalue weighted by atomic mass is 32.2. The molecule has 3 heterocycles. The molecule has 0 spiro atoms. The smallest absolute Gasteiger partial charge is 0.307 e. The van der Waals surface area contributed by atoms with Gasteiger partial charge < -0.3 is 4.57 Å². The van der Waals surface area contributed by atoms with E-state index in [1.807, 2.05) is 0 Å². The second kappa shape index (κ2) is 7.65. The van der Waals surface area contributed by atoms with Crippen LogP contribution < -0.4 is 0 Å². The highest BCUT2D eigenvalue weighted by molar-refractivity contribution is 7.99. The van der Waals surface area contributed by atoms with Crippen molar-refractivity contribution < 1.29 is 26.3 Å². The summed E-state index contributed by atoms with van der Waals surface area (Å²) < 4.78 is 79.2. The minimum absolute atomic E-state index is 0.0280. The van der Waals surface area contributed by atoms with E-state index in [9.17, 15) is 26.3 Å². The van der Waals surface area contributed by atoms with Crippen LogP contribution in [0.5, 0.6) is 0 Å². The third-order valence-corrected chi connectivity index (χ3v) is 4.79. The van der Waals surface area contributed by atoms with Crippen molar-refractivity contribution in [3.05, 3.63) is 41.7 Å². The Morgan fingerprint density at radius 2 is 1.59 bits per heavy atom. The van der Waals surface area contributed by atoms with Gasteiger partial charge in [0.25, 0.3) is 0 Å². The zero-order chi connectivity index (χ0) is 21.4. The molecule has 0 amide bonds. The van der Waals surface area contributed by atoms with Gasteiger partial charge >= 0.3 is 12.4 Å². The van der Waals surface area contributed by atoms with E-state index < -0.39 is 23.5 Å². The van der Waals surface area contributed by atoms with Gasteiger partial charge in [0.1, 0.15) is 11.4 Å². The normalized spacial score (nSPS) is 12.4. The number of nitrogens with zero attached hydrogens (tertiary/aromatic N) is 5. The standard InChI is InChI=1S/C17H13F6N5S/c1-3-29-12-7-10(17(21,22)23)8-25-13(12)15-27-26-14(28(15)2)11-6-9(4-5-24-11)16(18,19)20/h4-8H,3H2,1-2H3. The van der Waals surface area contributed by atoms with Crippen molar-refractivity contribution >= 4 is 11.8 Å². The van der Waals surface area contributed by atoms with E-state index in [4.69, 9.17) is 0 Å². The van der Waals surface area contributed by atoms with Crippen LogP contribution in [-0.2, 0) is 19.4 Å². The van der Waals surface area contributed by atoms with Crippen molar-refractivity contribution in [2.24, 2.45) is 7.05 Å². The Balaban J connectivity index is 2.08. The molecule has 3 aromatic heterocycles. The molecule has 29 heavy (non-hydrogen) atoms. The van der Waals surface area contributed by atoms with E-state index in [0.717, 1.165) is 36.2 Å². The topological polar surface area (TPSA) is 56.5 Å². The lowest BCUT2D eigenvalue weighted by molar-refractivity contribution is -0.138. The van der Waals surface area contributed by atoms with Gasteiger partial charge in [0.05, 0.1) is 11.1 Å². The fourth-order valence-corrected chi connectivity index (χ4v) is 3.32. The number of rotatable bonds is 4. The van der Waals surface area contributed by atoms with Gasteiger partial charge in [-0.1, -0.05) is 6.92 Å². The van der Waals surface area contributed by atoms with Gasteiger partial charge in [0.2, 0.25) is 0 Å². The number of halogens is 6. The van der Waals surface area contributed by atoms with Crippen molar-refractivity contribution in [3.63, 3.8) is 0 Å². The van der Waals surface area contributed by atoms with E-state index in [1.54, 1.807) is 6.92 Å². The van der Waals surface area contributed by atoms with Crippen molar-refractivity contribution in [1.82, 2.24) is 24.7 Å². The molecule has 0 atom stereocenters. The molecule has 0 radical (unpaired) electrons. The summed E-state index contributed by atoms with van der Waals surface area (Å²) >= 11 is 1.14. The monoisotopic (exact) mass is 433 g/mol. The Kier molecular flexibility index (Phi) is 5.57. The summed E-state index contributed by atoms with van der Waals surface area (Å²) in [6, 6.07) is 2.62. The minimum atomic E-state index is -4.56. The predicted molar refractivity (Wildman–Crippen MR) is 93.9 cm³/mol. The molecule has 0 aliphatic rings. The molecule has 3 aromatic rings. The van der Waals surface area contributed by atoms with Crippen LogP contribution in [0.3, 0.4) is 0 Å². The molecular weight excluding hydrogens is 420 g/mol. The van der Waals surface area contributed by atoms with E-state index >= 15 is 0 Å². The van der Waals surface area contributed by atoms with Crippen molar-refractivity contribution in [2.45, 2.75) is 24.2 Å². The average Bonchev–Trinajstić information content (AvgIpc) is 3.02. The molecule has 3 rings (SSSR count). The molecule has 0 aliphatic heterocycles. The predicted octanol–water partition coefficient (Wildman–Crippen LogP) is 5.09. The molecule has 154 valence electrons. The van der Waals surface area contributed by atoms with Crippen molar-refractivity contribution in [3.8, 4) is 23.0 Å². The molecule has 0 saturated carbocycles. The maximum Gasteiger partial charge on any atom is 0.417 e. The highest BCUT2D eigenvalue weighted by Gasteiger charge is 2.33. The second-order valence-electron chi connectivity index (χ2n) is 5.84. The summed E-state index contributed by atoms with van der Waals surface area (Å²) in [7, 11) is 1.48. The Bertz CT molecular complexity index is 1030. The van der Waals surface area contributed by atoms with Gasteiger partial charge in [0.15, 0.2) is 11.6 Å². The molecule has 0 N–H and O–H groups in total. The number of aromatic nitrogens is 5. The zero-order valence-electron chi connectivity index (χ0n) is 15.0. The number of thioether (sulfide) groups is 1. The average molecular weight is 433 g/mol. The Morgan fingerprint density at radius 3 is 2.21 bits per heavy atom. The van der Waals surface area contributed by atoms with Gasteiger partial charge in [-0.25, -0.2) is 0 Å². The number of pyridine rings is 2. The van der Waals surface area contributed by atoms with Crippen LogP contribution in [-0.4, -0.2) is 30.5 Å². The largest absolute Gasteiger partial charge is 0.417 e. The van der Waals surface area contributed by atoms with E-state index in [2.05, 4.69) is 20.2 Å². The highest BCUT2D eigenvalue weighted by Crippen LogP contribution is 2.36. The summed E-state index contributed by atoms with van der Waals surface area (Å²) in [4.78, 5) is 8.03. The summed E-state index contributed by atoms with van der Waals surface area (Å²) in [5.41, 5.74) is -1.73. The molecular formula is C17H13F6N5S. The lowest BCUT2D eigenvalue weighted by Gasteiger charge is -2.12. The Labute approximate surface area is 165 Å². The fraction of sp³-hybridized carbons (Fsp3) is 0.294. The third-order valence-electron chi connectivity index (χ3n) is 3.88. The van der Waals surface area contributed by atoms with Gasteiger partial charge in [-0.05, 0) is 24.0 Å². The Hall–Kier alpha value is -2.63. The maximum atomic E-state index is 13.0. The first kappa shape index (κ1) is 21.1. The van der Waals surface area contributed by atoms with Crippen molar-refractivity contribution in [1.29, 1.82) is 0 Å². The molecule has 0 aromatic carbocycles. The van der Waals surface area contributed by atoms with Gasteiger partial charge in [-0.2, -0.15) is 26.3 Å². The minimum Gasteiger partial charge on any atom is -0.307 e. The van der Waals surface area contributed by atoms with Crippen LogP contribution in [0, 0.1) is 0 Å². The number of alkyl halides is 6. The molecule has 0 saturated heterocycles. The van der Waals surface area contributed by atoms with E-state index in [0.29, 0.717) is 11.9 Å². The van der Waals surface area contributed by atoms with Crippen LogP contribution in [0.1, 0.15) is 18.1 Å². The molecule has 0 bridgehead atoms. The number of hydrogen-bond donors (Lipinski definition) is 0. The first-order valence-corrected chi connectivity index (χ1v) is 9.14. The van der Waals surface area contributed by atoms with Gasteiger partial charge in [-0.3, -0.25) is 9.97 Å². The molecule has 5 nitrogen and oxygen atoms in total. The molecule has 0 aliphatic carbocycles. The SMILES string of the molecule is CCSc1cc(C(F)(F)F)cnc1-c1nnc(-c2cc(C(F)(F)F)ccn2)n1C. The molecule has 12 heteroatoms. The zero-order valence-corrected chi connectivity index (χ0v) is 15.8. The summed E-state index contributed by atoms with van der Waals surface area (Å²) in [5, 5.41) is 7.79. The van der Waals surface area contributed by atoms with E-state index in [1.165, 1.54) is 11.6 Å². The van der Waals surface area contributed by atoms with Crippen LogP contribution in [0.2, 0.25) is 0 Å². The lowest BCUT2D eigenvalue weighted by Crippen LogP contribution is -2.08. The lowest BCUT2D eigenvalue weighted by atomic mass is 10.2. The third kappa shape index (κ3) is 4.36. The van der Waals surface area contributed by atoms with Crippen LogP contribution in [0.25, 0.3) is 23.0 Å². The van der Waals surface area contributed by atoms with Gasteiger partial charge in [-0.15, -0.1) is 22.0 Å². The summed E-state index contributed by atoms with van der Waals surface area (Å²) in [5.74, 6) is 0.625. The molecule has 0 unspecified atom stereocenters. The van der Waals surface area contributed by atoms with Gasteiger partial charge in [0, 0.05) is 24.3 Å². The first-order valence-electron chi connectivity index (χ1n) is 8.15. The second-order valence-corrected chi connectivity index (χ2v) is 7.14. The fourth-order valence-electron chi connectivity index (χ4n) is 2.52. The summed E-state index contributed by atoms with van der Waals surface area (Å²) in [6.07, 6.45) is -7.42. The van der Waals surface area contributed by atoms with Crippen LogP contribution in [0.15, 0.2) is 35.5 Å². The number of hydrogen-bond acceptors (Lipinski definition) is 5. The Morgan fingerprint density at radius 1 is 0.931 bits per heavy atom. The molecule has 0 fully saturated rings.